The molecule has 154 valence electrons. The van der Waals surface area contributed by atoms with E-state index in [0.29, 0.717) is 24.4 Å². The Morgan fingerprint density at radius 3 is 2.50 bits per heavy atom. The molecule has 3 N–H and O–H groups in total. The first-order valence-electron chi connectivity index (χ1n) is 10.1. The van der Waals surface area contributed by atoms with E-state index < -0.39 is 11.6 Å². The molecule has 0 amide bonds. The van der Waals surface area contributed by atoms with E-state index in [1.807, 2.05) is 48.5 Å². The van der Waals surface area contributed by atoms with E-state index in [1.165, 1.54) is 12.1 Å². The summed E-state index contributed by atoms with van der Waals surface area (Å²) in [6.45, 7) is 1.08. The van der Waals surface area contributed by atoms with Gasteiger partial charge in [0, 0.05) is 22.5 Å². The summed E-state index contributed by atoms with van der Waals surface area (Å²) < 4.78 is 33.9. The van der Waals surface area contributed by atoms with Crippen LogP contribution in [0.3, 0.4) is 0 Å². The number of aromatic nitrogens is 1. The van der Waals surface area contributed by atoms with Crippen molar-refractivity contribution in [2.75, 3.05) is 6.54 Å². The van der Waals surface area contributed by atoms with Crippen LogP contribution in [0.15, 0.2) is 66.7 Å². The van der Waals surface area contributed by atoms with Crippen LogP contribution in [0, 0.1) is 11.6 Å². The first kappa shape index (κ1) is 20.1. The van der Waals surface area contributed by atoms with Crippen molar-refractivity contribution in [2.45, 2.75) is 25.9 Å². The minimum atomic E-state index is -0.589. The fourth-order valence-electron chi connectivity index (χ4n) is 3.69. The zero-order valence-corrected chi connectivity index (χ0v) is 16.6. The maximum atomic E-state index is 14.5. The van der Waals surface area contributed by atoms with Crippen LogP contribution in [0.25, 0.3) is 22.2 Å². The molecular formula is C25H24F2N2O. The maximum absolute atomic E-state index is 14.5. The van der Waals surface area contributed by atoms with E-state index in [1.54, 1.807) is 0 Å². The largest absolute Gasteiger partial charge is 0.489 e. The van der Waals surface area contributed by atoms with Gasteiger partial charge in [-0.2, -0.15) is 0 Å². The molecule has 0 spiro atoms. The highest BCUT2D eigenvalue weighted by atomic mass is 19.1. The zero-order valence-electron chi connectivity index (χ0n) is 16.6. The van der Waals surface area contributed by atoms with Crippen molar-refractivity contribution < 1.29 is 13.5 Å². The van der Waals surface area contributed by atoms with Gasteiger partial charge in [0.25, 0.3) is 0 Å². The van der Waals surface area contributed by atoms with Crippen LogP contribution < -0.4 is 10.5 Å². The lowest BCUT2D eigenvalue weighted by molar-refractivity contribution is 0.306. The quantitative estimate of drug-likeness (QED) is 0.354. The number of benzene rings is 3. The lowest BCUT2D eigenvalue weighted by atomic mass is 10.00. The lowest BCUT2D eigenvalue weighted by Gasteiger charge is -2.08. The maximum Gasteiger partial charge on any atom is 0.135 e. The molecule has 0 unspecified atom stereocenters. The molecule has 30 heavy (non-hydrogen) atoms. The zero-order chi connectivity index (χ0) is 20.9. The van der Waals surface area contributed by atoms with Gasteiger partial charge in [-0.05, 0) is 67.3 Å². The summed E-state index contributed by atoms with van der Waals surface area (Å²) in [6.07, 6.45) is 2.50. The summed E-state index contributed by atoms with van der Waals surface area (Å²) in [5.41, 5.74) is 9.68. The van der Waals surface area contributed by atoms with Gasteiger partial charge in [0.2, 0.25) is 0 Å². The van der Waals surface area contributed by atoms with Gasteiger partial charge in [-0.3, -0.25) is 0 Å². The fourth-order valence-corrected chi connectivity index (χ4v) is 3.69. The number of hydrogen-bond donors (Lipinski definition) is 2. The summed E-state index contributed by atoms with van der Waals surface area (Å²) in [5, 5.41) is 0.983. The molecule has 4 aromatic rings. The topological polar surface area (TPSA) is 51.0 Å². The summed E-state index contributed by atoms with van der Waals surface area (Å²) in [4.78, 5) is 3.32. The average molecular weight is 406 g/mol. The van der Waals surface area contributed by atoms with Crippen molar-refractivity contribution in [1.82, 2.24) is 4.98 Å². The van der Waals surface area contributed by atoms with Crippen molar-refractivity contribution in [3.63, 3.8) is 0 Å². The van der Waals surface area contributed by atoms with Crippen LogP contribution in [-0.2, 0) is 13.0 Å². The molecule has 4 rings (SSSR count). The Balaban J connectivity index is 1.71. The molecule has 3 nitrogen and oxygen atoms in total. The Bertz CT molecular complexity index is 1140. The summed E-state index contributed by atoms with van der Waals surface area (Å²) in [6, 6.07) is 19.5. The number of nitrogens with two attached hydrogens (primary N) is 1. The smallest absolute Gasteiger partial charge is 0.135 e. The third kappa shape index (κ3) is 4.36. The molecule has 0 bridgehead atoms. The Labute approximate surface area is 174 Å². The lowest BCUT2D eigenvalue weighted by Crippen LogP contribution is -1.99. The van der Waals surface area contributed by atoms with Crippen LogP contribution >= 0.6 is 0 Å². The van der Waals surface area contributed by atoms with Crippen LogP contribution in [0.1, 0.15) is 24.0 Å². The molecule has 0 fully saturated rings. The number of nitrogens with one attached hydrogen (secondary N) is 1. The minimum absolute atomic E-state index is 0.363. The van der Waals surface area contributed by atoms with Crippen molar-refractivity contribution >= 4 is 10.9 Å². The highest BCUT2D eigenvalue weighted by Gasteiger charge is 2.17. The summed E-state index contributed by atoms with van der Waals surface area (Å²) in [5.74, 6) is -0.424. The second kappa shape index (κ2) is 9.09. The Morgan fingerprint density at radius 1 is 0.900 bits per heavy atom. The van der Waals surface area contributed by atoms with Gasteiger partial charge in [-0.25, -0.2) is 8.78 Å². The number of aryl methyl sites for hydroxylation is 1. The molecule has 0 atom stereocenters. The van der Waals surface area contributed by atoms with Crippen molar-refractivity contribution in [2.24, 2.45) is 5.73 Å². The highest BCUT2D eigenvalue weighted by Crippen LogP contribution is 2.35. The molecule has 0 saturated carbocycles. The summed E-state index contributed by atoms with van der Waals surface area (Å²) in [7, 11) is 0. The van der Waals surface area contributed by atoms with E-state index in [2.05, 4.69) is 4.98 Å². The number of fused-ring (bicyclic) bond motifs is 1. The van der Waals surface area contributed by atoms with Gasteiger partial charge < -0.3 is 15.5 Å². The monoisotopic (exact) mass is 406 g/mol. The van der Waals surface area contributed by atoms with Crippen LogP contribution in [0.5, 0.6) is 5.75 Å². The van der Waals surface area contributed by atoms with Gasteiger partial charge in [-0.1, -0.05) is 30.3 Å². The third-order valence-corrected chi connectivity index (χ3v) is 5.21. The van der Waals surface area contributed by atoms with Crippen LogP contribution in [-0.4, -0.2) is 11.5 Å². The molecule has 0 saturated heterocycles. The number of aromatic amines is 1. The van der Waals surface area contributed by atoms with E-state index >= 15 is 0 Å². The normalized spacial score (nSPS) is 11.2. The number of halogens is 2. The fraction of sp³-hybridized carbons (Fsp3) is 0.200. The SMILES string of the molecule is NCCCCc1c(-c2ccc(F)cc2F)[nH]c2ccc(OCc3ccccc3)cc12. The Kier molecular flexibility index (Phi) is 6.10. The molecule has 1 heterocycles. The van der Waals surface area contributed by atoms with Crippen molar-refractivity contribution in [1.29, 1.82) is 0 Å². The van der Waals surface area contributed by atoms with Gasteiger partial charge in [0.1, 0.15) is 24.0 Å². The number of hydrogen-bond acceptors (Lipinski definition) is 2. The standard InChI is InChI=1S/C25H24F2N2O/c26-18-9-11-21(23(27)14-18)25-20(8-4-5-13-28)22-15-19(10-12-24(22)29-25)30-16-17-6-2-1-3-7-17/h1-3,6-7,9-12,14-15,29H,4-5,8,13,16,28H2. The minimum Gasteiger partial charge on any atom is -0.489 e. The number of ether oxygens (including phenoxy) is 1. The van der Waals surface area contributed by atoms with Gasteiger partial charge in [0.05, 0.1) is 5.69 Å². The van der Waals surface area contributed by atoms with Crippen LogP contribution in [0.2, 0.25) is 0 Å². The molecule has 0 aliphatic rings. The van der Waals surface area contributed by atoms with Gasteiger partial charge in [0.15, 0.2) is 0 Å². The molecule has 3 aromatic carbocycles. The second-order valence-corrected chi connectivity index (χ2v) is 7.33. The van der Waals surface area contributed by atoms with Gasteiger partial charge in [-0.15, -0.1) is 0 Å². The van der Waals surface area contributed by atoms with Crippen LogP contribution in [0.4, 0.5) is 8.78 Å². The molecular weight excluding hydrogens is 382 g/mol. The first-order chi connectivity index (χ1) is 14.7. The number of rotatable bonds is 8. The van der Waals surface area contributed by atoms with E-state index in [-0.39, 0.29) is 0 Å². The first-order valence-corrected chi connectivity index (χ1v) is 10.1. The molecule has 0 aliphatic heterocycles. The predicted octanol–water partition coefficient (Wildman–Crippen LogP) is 5.97. The summed E-state index contributed by atoms with van der Waals surface area (Å²) >= 11 is 0. The average Bonchev–Trinajstić information content (AvgIpc) is 3.11. The Morgan fingerprint density at radius 2 is 1.73 bits per heavy atom. The second-order valence-electron chi connectivity index (χ2n) is 7.33. The van der Waals surface area contributed by atoms with E-state index in [4.69, 9.17) is 10.5 Å². The predicted molar refractivity (Wildman–Crippen MR) is 116 cm³/mol. The van der Waals surface area contributed by atoms with Gasteiger partial charge >= 0.3 is 0 Å². The van der Waals surface area contributed by atoms with E-state index in [0.717, 1.165) is 53.1 Å². The molecule has 1 aromatic heterocycles. The van der Waals surface area contributed by atoms with E-state index in [9.17, 15) is 8.78 Å². The molecule has 0 aliphatic carbocycles. The van der Waals surface area contributed by atoms with Crippen molar-refractivity contribution in [3.05, 3.63) is 89.5 Å². The molecule has 0 radical (unpaired) electrons. The third-order valence-electron chi connectivity index (χ3n) is 5.21. The number of unbranched alkanes of at least 4 members (excludes halogenated alkanes) is 1. The van der Waals surface area contributed by atoms with Crippen molar-refractivity contribution in [3.8, 4) is 17.0 Å². The Hall–Kier alpha value is -3.18. The highest BCUT2D eigenvalue weighted by molar-refractivity contribution is 5.91. The number of H-pyrrole nitrogens is 1. The molecule has 5 heteroatoms.